The first-order valence-corrected chi connectivity index (χ1v) is 8.96. The molecule has 1 aliphatic carbocycles. The van der Waals surface area contributed by atoms with E-state index in [0.29, 0.717) is 13.0 Å². The van der Waals surface area contributed by atoms with Crippen molar-refractivity contribution < 1.29 is 13.2 Å². The minimum Gasteiger partial charge on any atom is -0.355 e. The summed E-state index contributed by atoms with van der Waals surface area (Å²) in [6.45, 7) is 0.621. The van der Waals surface area contributed by atoms with Crippen LogP contribution in [0.3, 0.4) is 0 Å². The fraction of sp³-hybridized carbons (Fsp3) is 0.533. The van der Waals surface area contributed by atoms with Gasteiger partial charge in [-0.25, -0.2) is 8.42 Å². The number of fused-ring (bicyclic) bond motifs is 1. The van der Waals surface area contributed by atoms with Gasteiger partial charge in [0.05, 0.1) is 4.90 Å². The van der Waals surface area contributed by atoms with Gasteiger partial charge in [0.15, 0.2) is 0 Å². The number of hydrogen-bond donors (Lipinski definition) is 2. The van der Waals surface area contributed by atoms with Crippen molar-refractivity contribution in [2.45, 2.75) is 49.5 Å². The Morgan fingerprint density at radius 1 is 1.10 bits per heavy atom. The second kappa shape index (κ2) is 5.77. The van der Waals surface area contributed by atoms with Crippen LogP contribution in [0.2, 0.25) is 0 Å². The van der Waals surface area contributed by atoms with Crippen molar-refractivity contribution in [3.05, 3.63) is 29.3 Å². The molecule has 114 valence electrons. The summed E-state index contributed by atoms with van der Waals surface area (Å²) in [5.41, 5.74) is 2.35. The monoisotopic (exact) mass is 308 g/mol. The van der Waals surface area contributed by atoms with Gasteiger partial charge in [-0.2, -0.15) is 4.72 Å². The molecule has 0 bridgehead atoms. The minimum absolute atomic E-state index is 0.225. The summed E-state index contributed by atoms with van der Waals surface area (Å²) in [4.78, 5) is 12.1. The van der Waals surface area contributed by atoms with Gasteiger partial charge in [0.1, 0.15) is 6.04 Å². The van der Waals surface area contributed by atoms with Gasteiger partial charge < -0.3 is 5.32 Å². The van der Waals surface area contributed by atoms with Crippen LogP contribution in [0.5, 0.6) is 0 Å². The van der Waals surface area contributed by atoms with Crippen molar-refractivity contribution >= 4 is 15.9 Å². The topological polar surface area (TPSA) is 75.3 Å². The largest absolute Gasteiger partial charge is 0.355 e. The van der Waals surface area contributed by atoms with Crippen LogP contribution in [0, 0.1) is 0 Å². The molecule has 2 N–H and O–H groups in total. The third-order valence-electron chi connectivity index (χ3n) is 4.21. The highest BCUT2D eigenvalue weighted by atomic mass is 32.2. The van der Waals surface area contributed by atoms with Crippen LogP contribution in [-0.4, -0.2) is 26.9 Å². The highest BCUT2D eigenvalue weighted by molar-refractivity contribution is 7.89. The first-order chi connectivity index (χ1) is 10.1. The Hall–Kier alpha value is -1.40. The summed E-state index contributed by atoms with van der Waals surface area (Å²) >= 11 is 0. The second-order valence-electron chi connectivity index (χ2n) is 5.74. The molecule has 1 heterocycles. The highest BCUT2D eigenvalue weighted by Crippen LogP contribution is 2.25. The summed E-state index contributed by atoms with van der Waals surface area (Å²) in [5.74, 6) is -0.225. The van der Waals surface area contributed by atoms with Crippen LogP contribution in [0.25, 0.3) is 0 Å². The Balaban J connectivity index is 1.81. The van der Waals surface area contributed by atoms with E-state index in [9.17, 15) is 13.2 Å². The van der Waals surface area contributed by atoms with Crippen LogP contribution in [0.1, 0.15) is 36.8 Å². The molecular formula is C15H20N2O3S. The van der Waals surface area contributed by atoms with Gasteiger partial charge in [0, 0.05) is 6.54 Å². The second-order valence-corrected chi connectivity index (χ2v) is 7.46. The summed E-state index contributed by atoms with van der Waals surface area (Å²) in [7, 11) is -3.64. The first-order valence-electron chi connectivity index (χ1n) is 7.48. The van der Waals surface area contributed by atoms with Gasteiger partial charge in [-0.3, -0.25) is 4.79 Å². The molecule has 1 aliphatic heterocycles. The molecule has 21 heavy (non-hydrogen) atoms. The molecule has 1 aromatic rings. The van der Waals surface area contributed by atoms with Crippen molar-refractivity contribution in [3.8, 4) is 0 Å². The summed E-state index contributed by atoms with van der Waals surface area (Å²) in [6.07, 6.45) is 5.32. The van der Waals surface area contributed by atoms with Crippen molar-refractivity contribution in [1.29, 1.82) is 0 Å². The fourth-order valence-electron chi connectivity index (χ4n) is 3.02. The smallest absolute Gasteiger partial charge is 0.241 e. The molecular weight excluding hydrogens is 288 g/mol. The molecule has 3 rings (SSSR count). The molecule has 0 spiro atoms. The van der Waals surface area contributed by atoms with E-state index >= 15 is 0 Å². The Morgan fingerprint density at radius 2 is 1.90 bits per heavy atom. The van der Waals surface area contributed by atoms with E-state index in [1.807, 2.05) is 6.07 Å². The summed E-state index contributed by atoms with van der Waals surface area (Å²) in [6, 6.07) is 4.62. The normalized spacial score (nSPS) is 22.5. The fourth-order valence-corrected chi connectivity index (χ4v) is 4.30. The lowest BCUT2D eigenvalue weighted by molar-refractivity contribution is -0.122. The van der Waals surface area contributed by atoms with Gasteiger partial charge in [0.25, 0.3) is 0 Å². The van der Waals surface area contributed by atoms with E-state index in [0.717, 1.165) is 37.7 Å². The average Bonchev–Trinajstić information content (AvgIpc) is 2.84. The van der Waals surface area contributed by atoms with Crippen LogP contribution in [-0.2, 0) is 27.7 Å². The van der Waals surface area contributed by atoms with E-state index in [1.54, 1.807) is 12.1 Å². The van der Waals surface area contributed by atoms with E-state index in [-0.39, 0.29) is 10.8 Å². The lowest BCUT2D eigenvalue weighted by Gasteiger charge is -2.16. The Kier molecular flexibility index (Phi) is 3.99. The van der Waals surface area contributed by atoms with Crippen LogP contribution in [0.4, 0.5) is 0 Å². The Bertz CT molecular complexity index is 655. The van der Waals surface area contributed by atoms with E-state index in [4.69, 9.17) is 0 Å². The van der Waals surface area contributed by atoms with Crippen molar-refractivity contribution in [1.82, 2.24) is 10.0 Å². The highest BCUT2D eigenvalue weighted by Gasteiger charge is 2.27. The molecule has 0 radical (unpaired) electrons. The third-order valence-corrected chi connectivity index (χ3v) is 5.68. The third kappa shape index (κ3) is 3.11. The lowest BCUT2D eigenvalue weighted by Crippen LogP contribution is -2.45. The zero-order chi connectivity index (χ0) is 14.9. The average molecular weight is 308 g/mol. The van der Waals surface area contributed by atoms with Crippen LogP contribution < -0.4 is 10.0 Å². The van der Waals surface area contributed by atoms with Gasteiger partial charge >= 0.3 is 0 Å². The number of hydrogen-bond acceptors (Lipinski definition) is 3. The number of sulfonamides is 1. The van der Waals surface area contributed by atoms with Crippen LogP contribution in [0.15, 0.2) is 23.1 Å². The molecule has 6 heteroatoms. The van der Waals surface area contributed by atoms with Crippen molar-refractivity contribution in [3.63, 3.8) is 0 Å². The number of benzene rings is 1. The molecule has 1 amide bonds. The van der Waals surface area contributed by atoms with Gasteiger partial charge in [0.2, 0.25) is 15.9 Å². The van der Waals surface area contributed by atoms with Gasteiger partial charge in [-0.15, -0.1) is 0 Å². The Morgan fingerprint density at radius 3 is 2.76 bits per heavy atom. The number of rotatable bonds is 3. The molecule has 1 atom stereocenters. The molecule has 1 fully saturated rings. The zero-order valence-electron chi connectivity index (χ0n) is 11.9. The number of aryl methyl sites for hydroxylation is 2. The van der Waals surface area contributed by atoms with E-state index < -0.39 is 16.1 Å². The van der Waals surface area contributed by atoms with Gasteiger partial charge in [-0.05, 0) is 61.8 Å². The van der Waals surface area contributed by atoms with E-state index in [1.165, 1.54) is 5.56 Å². The van der Waals surface area contributed by atoms with Crippen LogP contribution >= 0.6 is 0 Å². The predicted octanol–water partition coefficient (Wildman–Crippen LogP) is 1.12. The molecule has 1 saturated heterocycles. The summed E-state index contributed by atoms with van der Waals surface area (Å²) in [5, 5.41) is 2.74. The maximum atomic E-state index is 12.5. The molecule has 0 saturated carbocycles. The molecule has 0 aromatic heterocycles. The molecule has 5 nitrogen and oxygen atoms in total. The quantitative estimate of drug-likeness (QED) is 0.879. The maximum Gasteiger partial charge on any atom is 0.241 e. The number of amides is 1. The van der Waals surface area contributed by atoms with Crippen molar-refractivity contribution in [2.75, 3.05) is 6.54 Å². The lowest BCUT2D eigenvalue weighted by atomic mass is 10.1. The zero-order valence-corrected chi connectivity index (χ0v) is 12.7. The van der Waals surface area contributed by atoms with E-state index in [2.05, 4.69) is 10.0 Å². The maximum absolute atomic E-state index is 12.5. The van der Waals surface area contributed by atoms with Crippen molar-refractivity contribution in [2.24, 2.45) is 0 Å². The number of carbonyl (C=O) groups is 1. The number of carbonyl (C=O) groups excluding carboxylic acids is 1. The molecule has 2 aliphatic rings. The molecule has 0 unspecified atom stereocenters. The first kappa shape index (κ1) is 14.5. The minimum atomic E-state index is -3.64. The predicted molar refractivity (Wildman–Crippen MR) is 79.4 cm³/mol. The standard InChI is InChI=1S/C15H20N2O3S/c18-15-14(6-1-2-9-16-15)17-21(19,20)13-8-7-11-4-3-5-12(11)10-13/h7-8,10,14,17H,1-6,9H2,(H,16,18)/t14-/m1/s1. The summed E-state index contributed by atoms with van der Waals surface area (Å²) < 4.78 is 27.5. The number of nitrogens with one attached hydrogen (secondary N) is 2. The SMILES string of the molecule is O=C1NCCCC[C@H]1NS(=O)(=O)c1ccc2c(c1)CCC2. The Labute approximate surface area is 125 Å². The molecule has 1 aromatic carbocycles. The van der Waals surface area contributed by atoms with Gasteiger partial charge in [-0.1, -0.05) is 6.07 Å².